The van der Waals surface area contributed by atoms with Crippen molar-refractivity contribution in [2.24, 2.45) is 5.92 Å². The maximum Gasteiger partial charge on any atom is 0.343 e. The normalized spacial score (nSPS) is 24.1. The molecular formula is C27H36O5. The number of aliphatic hydroxyl groups is 2. The van der Waals surface area contributed by atoms with Gasteiger partial charge in [-0.3, -0.25) is 0 Å². The zero-order valence-corrected chi connectivity index (χ0v) is 19.2. The SMILES string of the molecule is CC(O)CC1CCCCC(CC(C)O)c2c1oc(=O)c(C(c1ccccc1)C1CC1)c2O. The first kappa shape index (κ1) is 23.1. The van der Waals surface area contributed by atoms with Crippen LogP contribution in [-0.2, 0) is 0 Å². The van der Waals surface area contributed by atoms with Gasteiger partial charge in [-0.15, -0.1) is 0 Å². The van der Waals surface area contributed by atoms with Gasteiger partial charge in [-0.2, -0.15) is 0 Å². The second kappa shape index (κ2) is 9.80. The predicted molar refractivity (Wildman–Crippen MR) is 124 cm³/mol. The van der Waals surface area contributed by atoms with Crippen molar-refractivity contribution in [2.45, 2.75) is 95.2 Å². The molecule has 1 aromatic carbocycles. The first-order valence-corrected chi connectivity index (χ1v) is 12.2. The number of hydrogen-bond acceptors (Lipinski definition) is 5. The van der Waals surface area contributed by atoms with Gasteiger partial charge in [0.25, 0.3) is 0 Å². The molecule has 0 spiro atoms. The molecule has 0 bridgehead atoms. The highest BCUT2D eigenvalue weighted by Gasteiger charge is 2.40. The van der Waals surface area contributed by atoms with Crippen molar-refractivity contribution in [3.05, 3.63) is 63.2 Å². The molecule has 1 aromatic heterocycles. The smallest absolute Gasteiger partial charge is 0.343 e. The third-order valence-electron chi connectivity index (χ3n) is 7.15. The van der Waals surface area contributed by atoms with Crippen LogP contribution >= 0.6 is 0 Å². The van der Waals surface area contributed by atoms with Gasteiger partial charge in [0.15, 0.2) is 0 Å². The summed E-state index contributed by atoms with van der Waals surface area (Å²) in [5.74, 6) is 0.503. The summed E-state index contributed by atoms with van der Waals surface area (Å²) in [5, 5.41) is 32.0. The Hall–Kier alpha value is -2.11. The minimum atomic E-state index is -0.529. The summed E-state index contributed by atoms with van der Waals surface area (Å²) in [4.78, 5) is 13.4. The second-order valence-corrected chi connectivity index (χ2v) is 10.0. The van der Waals surface area contributed by atoms with Gasteiger partial charge in [0, 0.05) is 17.4 Å². The molecule has 1 fully saturated rings. The van der Waals surface area contributed by atoms with Crippen molar-refractivity contribution >= 4 is 0 Å². The lowest BCUT2D eigenvalue weighted by Gasteiger charge is -2.30. The van der Waals surface area contributed by atoms with E-state index in [1.165, 1.54) is 0 Å². The molecule has 0 radical (unpaired) electrons. The van der Waals surface area contributed by atoms with Crippen LogP contribution in [0.2, 0.25) is 0 Å². The second-order valence-electron chi connectivity index (χ2n) is 10.0. The Morgan fingerprint density at radius 2 is 1.53 bits per heavy atom. The molecule has 5 atom stereocenters. The molecule has 5 nitrogen and oxygen atoms in total. The summed E-state index contributed by atoms with van der Waals surface area (Å²) >= 11 is 0. The largest absolute Gasteiger partial charge is 0.507 e. The number of aromatic hydroxyl groups is 1. The van der Waals surface area contributed by atoms with E-state index in [9.17, 15) is 20.1 Å². The first-order valence-electron chi connectivity index (χ1n) is 12.2. The van der Waals surface area contributed by atoms with E-state index in [4.69, 9.17) is 4.42 Å². The van der Waals surface area contributed by atoms with E-state index < -0.39 is 17.8 Å². The van der Waals surface area contributed by atoms with Crippen LogP contribution in [0, 0.1) is 5.92 Å². The van der Waals surface area contributed by atoms with Gasteiger partial charge in [0.1, 0.15) is 11.5 Å². The number of aliphatic hydroxyl groups excluding tert-OH is 2. The molecule has 0 aliphatic heterocycles. The number of benzene rings is 1. The fraction of sp³-hybridized carbons (Fsp3) is 0.593. The number of rotatable bonds is 7. The average Bonchev–Trinajstić information content (AvgIpc) is 3.56. The van der Waals surface area contributed by atoms with Gasteiger partial charge in [-0.05, 0) is 69.8 Å². The quantitative estimate of drug-likeness (QED) is 0.552. The Morgan fingerprint density at radius 1 is 0.938 bits per heavy atom. The van der Waals surface area contributed by atoms with E-state index in [0.717, 1.165) is 44.1 Å². The number of fused-ring (bicyclic) bond motifs is 1. The predicted octanol–water partition coefficient (Wildman–Crippen LogP) is 5.17. The highest BCUT2D eigenvalue weighted by Crippen LogP contribution is 2.51. The molecule has 5 unspecified atom stereocenters. The maximum atomic E-state index is 13.4. The van der Waals surface area contributed by atoms with Crippen molar-refractivity contribution in [2.75, 3.05) is 0 Å². The topological polar surface area (TPSA) is 90.9 Å². The lowest BCUT2D eigenvalue weighted by atomic mass is 9.77. The van der Waals surface area contributed by atoms with Crippen LogP contribution in [-0.4, -0.2) is 27.5 Å². The van der Waals surface area contributed by atoms with Crippen molar-refractivity contribution in [1.82, 2.24) is 0 Å². The highest BCUT2D eigenvalue weighted by atomic mass is 16.4. The summed E-state index contributed by atoms with van der Waals surface area (Å²) in [6, 6.07) is 9.91. The summed E-state index contributed by atoms with van der Waals surface area (Å²) in [6.45, 7) is 3.51. The van der Waals surface area contributed by atoms with E-state index in [-0.39, 0.29) is 23.5 Å². The minimum Gasteiger partial charge on any atom is -0.507 e. The Morgan fingerprint density at radius 3 is 2.12 bits per heavy atom. The molecule has 2 aromatic rings. The van der Waals surface area contributed by atoms with Crippen LogP contribution in [0.5, 0.6) is 5.75 Å². The molecule has 32 heavy (non-hydrogen) atoms. The van der Waals surface area contributed by atoms with Crippen molar-refractivity contribution in [1.29, 1.82) is 0 Å². The van der Waals surface area contributed by atoms with Crippen LogP contribution in [0.4, 0.5) is 0 Å². The Balaban J connectivity index is 1.90. The number of hydrogen-bond donors (Lipinski definition) is 3. The van der Waals surface area contributed by atoms with Crippen LogP contribution in [0.15, 0.2) is 39.5 Å². The molecule has 174 valence electrons. The van der Waals surface area contributed by atoms with Crippen LogP contribution in [0.25, 0.3) is 0 Å². The summed E-state index contributed by atoms with van der Waals surface area (Å²) in [6.07, 6.45) is 5.58. The maximum absolute atomic E-state index is 13.4. The molecule has 2 aliphatic rings. The Labute approximate surface area is 190 Å². The lowest BCUT2D eigenvalue weighted by molar-refractivity contribution is 0.157. The summed E-state index contributed by atoms with van der Waals surface area (Å²) < 4.78 is 6.04. The van der Waals surface area contributed by atoms with Crippen molar-refractivity contribution in [3.8, 4) is 5.75 Å². The molecule has 5 heteroatoms. The first-order chi connectivity index (χ1) is 15.4. The van der Waals surface area contributed by atoms with Gasteiger partial charge in [-0.25, -0.2) is 4.79 Å². The molecule has 4 rings (SSSR count). The molecule has 1 heterocycles. The highest BCUT2D eigenvalue weighted by molar-refractivity contribution is 5.49. The Bertz CT molecular complexity index is 958. The zero-order chi connectivity index (χ0) is 22.8. The van der Waals surface area contributed by atoms with E-state index in [1.807, 2.05) is 30.3 Å². The minimum absolute atomic E-state index is 0.0557. The lowest BCUT2D eigenvalue weighted by Crippen LogP contribution is -2.23. The average molecular weight is 441 g/mol. The van der Waals surface area contributed by atoms with E-state index in [2.05, 4.69) is 0 Å². The van der Waals surface area contributed by atoms with E-state index >= 15 is 0 Å². The van der Waals surface area contributed by atoms with Gasteiger partial charge in [-0.1, -0.05) is 43.2 Å². The van der Waals surface area contributed by atoms with Gasteiger partial charge in [0.2, 0.25) is 0 Å². The fourth-order valence-corrected chi connectivity index (χ4v) is 5.65. The molecule has 2 aliphatic carbocycles. The van der Waals surface area contributed by atoms with E-state index in [1.54, 1.807) is 13.8 Å². The molecule has 0 amide bonds. The van der Waals surface area contributed by atoms with Crippen molar-refractivity contribution in [3.63, 3.8) is 0 Å². The third kappa shape index (κ3) is 4.94. The van der Waals surface area contributed by atoms with E-state index in [0.29, 0.717) is 35.6 Å². The zero-order valence-electron chi connectivity index (χ0n) is 19.2. The fourth-order valence-electron chi connectivity index (χ4n) is 5.65. The monoisotopic (exact) mass is 440 g/mol. The van der Waals surface area contributed by atoms with Crippen LogP contribution in [0.3, 0.4) is 0 Å². The summed E-state index contributed by atoms with van der Waals surface area (Å²) in [7, 11) is 0. The van der Waals surface area contributed by atoms with Crippen molar-refractivity contribution < 1.29 is 19.7 Å². The van der Waals surface area contributed by atoms with Gasteiger partial charge >= 0.3 is 5.63 Å². The molecule has 3 N–H and O–H groups in total. The third-order valence-corrected chi connectivity index (χ3v) is 7.15. The molecular weight excluding hydrogens is 404 g/mol. The van der Waals surface area contributed by atoms with Gasteiger partial charge in [0.05, 0.1) is 17.8 Å². The van der Waals surface area contributed by atoms with Gasteiger partial charge < -0.3 is 19.7 Å². The summed E-state index contributed by atoms with van der Waals surface area (Å²) in [5.41, 5.74) is 1.61. The Kier molecular flexibility index (Phi) is 7.06. The molecule has 1 saturated carbocycles. The molecule has 0 saturated heterocycles. The van der Waals surface area contributed by atoms with Crippen LogP contribution in [0.1, 0.15) is 105 Å². The standard InChI is InChI=1S/C27H36O5/c1-16(28)14-20-10-6-7-11-21(15-17(2)29)26-23(20)25(30)24(27(31)32-26)22(19-12-13-19)18-8-4-3-5-9-18/h3-5,8-9,16-17,19-22,28-30H,6-7,10-15H2,1-2H3. The van der Waals surface area contributed by atoms with Crippen LogP contribution < -0.4 is 5.63 Å².